The molecule has 0 aromatic carbocycles. The van der Waals surface area contributed by atoms with Crippen molar-refractivity contribution in [2.45, 2.75) is 113 Å². The smallest absolute Gasteiger partial charge is 0.332 e. The van der Waals surface area contributed by atoms with E-state index in [1.807, 2.05) is 0 Å². The van der Waals surface area contributed by atoms with Crippen molar-refractivity contribution >= 4 is 71.4 Å². The van der Waals surface area contributed by atoms with Crippen LogP contribution < -0.4 is 51.6 Å². The molecule has 0 aliphatic rings. The molecule has 0 spiro atoms. The van der Waals surface area contributed by atoms with Gasteiger partial charge in [0.05, 0.1) is 44.3 Å². The van der Waals surface area contributed by atoms with Crippen LogP contribution in [0.15, 0.2) is 0 Å². The van der Waals surface area contributed by atoms with Crippen molar-refractivity contribution < 1.29 is 139 Å². The number of amides is 3. The molecule has 32 nitrogen and oxygen atoms in total. The van der Waals surface area contributed by atoms with Gasteiger partial charge in [0.1, 0.15) is 69.1 Å². The van der Waals surface area contributed by atoms with Crippen LogP contribution in [0, 0.1) is 23.7 Å². The number of carboxylic acid groups (broad SMARTS) is 9. The quantitative estimate of drug-likeness (QED) is 0.0262. The maximum atomic E-state index is 12.0. The van der Waals surface area contributed by atoms with Crippen molar-refractivity contribution in [1.82, 2.24) is 0 Å². The number of carbonyl (C=O) groups excluding carboxylic acids is 3. The molecule has 12 unspecified atom stereocenters. The van der Waals surface area contributed by atoms with Crippen LogP contribution in [-0.4, -0.2) is 219 Å². The van der Waals surface area contributed by atoms with Gasteiger partial charge >= 0.3 is 53.7 Å². The minimum absolute atomic E-state index is 0.0370. The lowest BCUT2D eigenvalue weighted by Gasteiger charge is -2.15. The Labute approximate surface area is 451 Å². The molecule has 0 bridgehead atoms. The van der Waals surface area contributed by atoms with Gasteiger partial charge in [-0.15, -0.1) is 0 Å². The Kier molecular flexibility index (Phi) is 52.8. The SMILES string of the molecule is NC(=O)C(CC(N)C(=O)O)OCCF.NC(=O)C(CCCF)CC(N)C(=O)O.NC(=O)C(CF)CC(N)C(=O)O.NC(CC(CCCF)C(=O)O)C(=O)O.NC(CC(CF)C(=O)O)C(=O)O.NC(CC(OCCF)C(=O)O)C(=O)O. The number of carboxylic acids is 9. The van der Waals surface area contributed by atoms with Gasteiger partial charge in [-0.2, -0.15) is 0 Å². The maximum absolute atomic E-state index is 12.0. The van der Waals surface area contributed by atoms with Gasteiger partial charge in [0, 0.05) is 18.8 Å². The Morgan fingerprint density at radius 1 is 0.312 bits per heavy atom. The van der Waals surface area contributed by atoms with Crippen LogP contribution in [0.5, 0.6) is 0 Å². The van der Waals surface area contributed by atoms with Crippen molar-refractivity contribution in [3.8, 4) is 0 Å². The highest BCUT2D eigenvalue weighted by Crippen LogP contribution is 2.15. The molecule has 0 aliphatic carbocycles. The van der Waals surface area contributed by atoms with Crippen molar-refractivity contribution in [2.24, 2.45) is 75.3 Å². The first-order valence-corrected chi connectivity index (χ1v) is 23.0. The average Bonchev–Trinajstić information content (AvgIpc) is 3.36. The topological polar surface area (TPSA) is 640 Å². The minimum atomic E-state index is -1.38. The second-order valence-electron chi connectivity index (χ2n) is 16.2. The molecule has 468 valence electrons. The second kappa shape index (κ2) is 50.1. The molecule has 0 aromatic rings. The summed E-state index contributed by atoms with van der Waals surface area (Å²) in [5.41, 5.74) is 45.4. The summed E-state index contributed by atoms with van der Waals surface area (Å²) < 4.78 is 80.0. The van der Waals surface area contributed by atoms with E-state index in [1.165, 1.54) is 0 Å². The van der Waals surface area contributed by atoms with E-state index >= 15 is 0 Å². The zero-order chi connectivity index (χ0) is 64.0. The third-order valence-electron chi connectivity index (χ3n) is 9.63. The summed E-state index contributed by atoms with van der Waals surface area (Å²) in [7, 11) is 0. The largest absolute Gasteiger partial charge is 0.481 e. The Morgan fingerprint density at radius 3 is 0.825 bits per heavy atom. The van der Waals surface area contributed by atoms with E-state index in [-0.39, 0.29) is 77.4 Å². The number of nitrogens with two attached hydrogens (primary N) is 9. The molecular formula is C42H75F6N9O23. The number of ether oxygens (including phenoxy) is 2. The monoisotopic (exact) mass is 1190 g/mol. The van der Waals surface area contributed by atoms with Gasteiger partial charge in [0.2, 0.25) is 17.7 Å². The molecule has 12 atom stereocenters. The van der Waals surface area contributed by atoms with E-state index in [4.69, 9.17) is 97.6 Å². The Bertz CT molecular complexity index is 1660. The molecule has 0 rings (SSSR count). The zero-order valence-electron chi connectivity index (χ0n) is 42.9. The van der Waals surface area contributed by atoms with Crippen LogP contribution in [0.2, 0.25) is 0 Å². The summed E-state index contributed by atoms with van der Waals surface area (Å²) in [6.45, 7) is -5.52. The number of hydrogen-bond donors (Lipinski definition) is 18. The standard InChI is InChI=1S/C8H15FN2O3.C8H14FNO4.C7H13FN2O4.C7H12FNO5.C6H11FN2O3.C6H10FNO4/c2*9-3-1-2-5(7(11)12)4-6(10)8(13)14;8-1-2-14-5(6(10)11)3-4(9)7(12)13;8-1-2-14-5(7(12)13)3-4(9)6(10)11;2*7-2-3(5(9)10)1-4(8)6(11)12/h5-6H,1-4,10H2,(H2,11,12)(H,13,14);5-6H,1-4,10H2,(H,11,12)(H,13,14);4-5H,1-3,9H2,(H2,10,11)(H,12,13);4-5H,1-3,9H2,(H,10,11)(H,12,13);3-4H,1-2,8H2,(H2,9,10)(H,11,12);3-4H,1-2,8H2,(H,9,10)(H,11,12). The van der Waals surface area contributed by atoms with Gasteiger partial charge in [-0.3, -0.25) is 70.3 Å². The van der Waals surface area contributed by atoms with Crippen LogP contribution in [0.4, 0.5) is 26.3 Å². The fourth-order valence-electron chi connectivity index (χ4n) is 5.02. The molecule has 0 aromatic heterocycles. The molecule has 0 aliphatic heterocycles. The van der Waals surface area contributed by atoms with Gasteiger partial charge in [-0.05, 0) is 51.4 Å². The van der Waals surface area contributed by atoms with E-state index in [0.717, 1.165) is 0 Å². The van der Waals surface area contributed by atoms with Crippen molar-refractivity contribution in [2.75, 3.05) is 53.3 Å². The van der Waals surface area contributed by atoms with Gasteiger partial charge in [0.15, 0.2) is 6.10 Å². The Balaban J connectivity index is -0.000000206. The fraction of sp³-hybridized carbons (Fsp3) is 0.714. The summed E-state index contributed by atoms with van der Waals surface area (Å²) in [4.78, 5) is 125. The first kappa shape index (κ1) is 84.2. The molecule has 0 fully saturated rings. The lowest BCUT2D eigenvalue weighted by Crippen LogP contribution is -2.41. The summed E-state index contributed by atoms with van der Waals surface area (Å²) >= 11 is 0. The maximum Gasteiger partial charge on any atom is 0.332 e. The van der Waals surface area contributed by atoms with Crippen molar-refractivity contribution in [3.05, 3.63) is 0 Å². The molecule has 0 saturated heterocycles. The molecule has 80 heavy (non-hydrogen) atoms. The van der Waals surface area contributed by atoms with Crippen molar-refractivity contribution in [1.29, 1.82) is 0 Å². The van der Waals surface area contributed by atoms with Gasteiger partial charge in [-0.25, -0.2) is 13.6 Å². The minimum Gasteiger partial charge on any atom is -0.481 e. The number of halogens is 6. The van der Waals surface area contributed by atoms with E-state index in [2.05, 4.69) is 9.47 Å². The zero-order valence-corrected chi connectivity index (χ0v) is 42.9. The van der Waals surface area contributed by atoms with Gasteiger partial charge < -0.3 is 107 Å². The lowest BCUT2D eigenvalue weighted by molar-refractivity contribution is -0.153. The molecule has 0 radical (unpaired) electrons. The highest BCUT2D eigenvalue weighted by atomic mass is 19.1. The summed E-state index contributed by atoms with van der Waals surface area (Å²) in [6.07, 6.45) is -3.36. The molecule has 38 heteroatoms. The molecular weight excluding hydrogens is 1110 g/mol. The van der Waals surface area contributed by atoms with Gasteiger partial charge in [0.25, 0.3) is 0 Å². The summed E-state index contributed by atoms with van der Waals surface area (Å²) in [5.74, 6) is -17.8. The Hall–Kier alpha value is -7.10. The number of hydrogen-bond acceptors (Lipinski definition) is 20. The lowest BCUT2D eigenvalue weighted by atomic mass is 9.95. The molecule has 3 amide bonds. The summed E-state index contributed by atoms with van der Waals surface area (Å²) in [6, 6.07) is -7.44. The van der Waals surface area contributed by atoms with Crippen LogP contribution in [-0.2, 0) is 67.0 Å². The first-order valence-electron chi connectivity index (χ1n) is 23.0. The fourth-order valence-corrected chi connectivity index (χ4v) is 5.02. The molecule has 27 N–H and O–H groups in total. The van der Waals surface area contributed by atoms with E-state index in [1.54, 1.807) is 0 Å². The number of aliphatic carboxylic acids is 9. The molecule has 0 heterocycles. The van der Waals surface area contributed by atoms with Crippen LogP contribution in [0.1, 0.15) is 64.2 Å². The van der Waals surface area contributed by atoms with E-state index in [9.17, 15) is 83.9 Å². The van der Waals surface area contributed by atoms with Crippen LogP contribution in [0.25, 0.3) is 0 Å². The Morgan fingerprint density at radius 2 is 0.575 bits per heavy atom. The predicted octanol–water partition coefficient (Wildman–Crippen LogP) is -3.95. The number of carbonyl (C=O) groups is 12. The van der Waals surface area contributed by atoms with Crippen LogP contribution in [0.3, 0.4) is 0 Å². The first-order chi connectivity index (χ1) is 36.9. The number of alkyl halides is 6. The van der Waals surface area contributed by atoms with E-state index in [0.29, 0.717) is 0 Å². The van der Waals surface area contributed by atoms with Crippen LogP contribution >= 0.6 is 0 Å². The highest BCUT2D eigenvalue weighted by Gasteiger charge is 2.28. The van der Waals surface area contributed by atoms with Gasteiger partial charge in [-0.1, -0.05) is 0 Å². The summed E-state index contributed by atoms with van der Waals surface area (Å²) in [5, 5.41) is 75.8. The molecule has 0 saturated carbocycles. The normalized spacial score (nSPS) is 14.8. The highest BCUT2D eigenvalue weighted by molar-refractivity contribution is 5.82. The number of rotatable bonds is 38. The third kappa shape index (κ3) is 48.1. The third-order valence-corrected chi connectivity index (χ3v) is 9.63. The predicted molar refractivity (Wildman–Crippen MR) is 260 cm³/mol. The van der Waals surface area contributed by atoms with E-state index < -0.39 is 184 Å². The number of primary amides is 3. The van der Waals surface area contributed by atoms with Crippen molar-refractivity contribution in [3.63, 3.8) is 0 Å². The average molecular weight is 1190 g/mol. The second-order valence-corrected chi connectivity index (χ2v) is 16.2.